The summed E-state index contributed by atoms with van der Waals surface area (Å²) in [4.78, 5) is 25.9. The Morgan fingerprint density at radius 2 is 1.90 bits per heavy atom. The van der Waals surface area contributed by atoms with Gasteiger partial charge in [0.1, 0.15) is 5.60 Å². The van der Waals surface area contributed by atoms with E-state index in [2.05, 4.69) is 14.6 Å². The Labute approximate surface area is 246 Å². The Bertz CT molecular complexity index is 1590. The molecule has 1 fully saturated rings. The van der Waals surface area contributed by atoms with Crippen molar-refractivity contribution in [3.63, 3.8) is 0 Å². The molecule has 41 heavy (non-hydrogen) atoms. The number of halogens is 1. The van der Waals surface area contributed by atoms with E-state index in [-0.39, 0.29) is 12.1 Å². The van der Waals surface area contributed by atoms with Crippen molar-refractivity contribution < 1.29 is 17.9 Å². The molecule has 10 nitrogen and oxygen atoms in total. The van der Waals surface area contributed by atoms with Gasteiger partial charge in [-0.15, -0.1) is 0 Å². The highest BCUT2D eigenvalue weighted by Gasteiger charge is 2.36. The van der Waals surface area contributed by atoms with Crippen LogP contribution in [0.3, 0.4) is 0 Å². The fraction of sp³-hybridized carbons (Fsp3) is 0.414. The number of fused-ring (bicyclic) bond motifs is 2. The first kappa shape index (κ1) is 29.2. The van der Waals surface area contributed by atoms with Crippen molar-refractivity contribution in [2.24, 2.45) is 7.05 Å². The molecule has 1 aromatic carbocycles. The third-order valence-corrected chi connectivity index (χ3v) is 8.08. The number of pyridine rings is 1. The van der Waals surface area contributed by atoms with Crippen molar-refractivity contribution >= 4 is 39.4 Å². The predicted molar refractivity (Wildman–Crippen MR) is 159 cm³/mol. The molecule has 0 spiro atoms. The second-order valence-corrected chi connectivity index (χ2v) is 13.7. The molecule has 0 radical (unpaired) electrons. The van der Waals surface area contributed by atoms with Crippen molar-refractivity contribution in [3.05, 3.63) is 82.2 Å². The average Bonchev–Trinajstić information content (AvgIpc) is 3.26. The van der Waals surface area contributed by atoms with Gasteiger partial charge >= 0.3 is 6.09 Å². The van der Waals surface area contributed by atoms with Gasteiger partial charge in [-0.25, -0.2) is 22.9 Å². The smallest absolute Gasteiger partial charge is 0.410 e. The quantitative estimate of drug-likeness (QED) is 0.467. The molecule has 1 aliphatic heterocycles. The number of carbonyl (C=O) groups is 1. The summed E-state index contributed by atoms with van der Waals surface area (Å²) in [7, 11) is -1.79. The maximum atomic E-state index is 12.7. The van der Waals surface area contributed by atoms with Crippen LogP contribution in [0.5, 0.6) is 0 Å². The van der Waals surface area contributed by atoms with Crippen LogP contribution in [0.2, 0.25) is 5.02 Å². The lowest BCUT2D eigenvalue weighted by atomic mass is 9.90. The van der Waals surface area contributed by atoms with Crippen LogP contribution in [-0.4, -0.2) is 76.9 Å². The van der Waals surface area contributed by atoms with Crippen LogP contribution >= 0.6 is 11.6 Å². The second-order valence-electron chi connectivity index (χ2n) is 11.5. The van der Waals surface area contributed by atoms with E-state index in [1.165, 1.54) is 0 Å². The fourth-order valence-electron chi connectivity index (χ4n) is 5.43. The fourth-order valence-corrected chi connectivity index (χ4v) is 6.28. The van der Waals surface area contributed by atoms with Gasteiger partial charge in [0, 0.05) is 44.4 Å². The molecule has 1 N–H and O–H groups in total. The number of nitrogens with zero attached hydrogens (tertiary/aromatic N) is 5. The molecule has 12 heteroatoms. The number of nitrogens with one attached hydrogen (secondary N) is 1. The summed E-state index contributed by atoms with van der Waals surface area (Å²) in [6.07, 6.45) is 7.89. The molecule has 2 unspecified atom stereocenters. The molecule has 1 amide bonds. The lowest BCUT2D eigenvalue weighted by molar-refractivity contribution is 0.0118. The molecule has 2 aliphatic rings. The van der Waals surface area contributed by atoms with E-state index in [0.29, 0.717) is 36.9 Å². The lowest BCUT2D eigenvalue weighted by Gasteiger charge is -2.40. The molecule has 5 rings (SSSR count). The summed E-state index contributed by atoms with van der Waals surface area (Å²) < 4.78 is 35.5. The number of amides is 1. The van der Waals surface area contributed by atoms with Crippen molar-refractivity contribution in [3.8, 4) is 0 Å². The van der Waals surface area contributed by atoms with Crippen LogP contribution in [0, 0.1) is 0 Å². The molecule has 1 aliphatic carbocycles. The van der Waals surface area contributed by atoms with E-state index in [0.717, 1.165) is 34.2 Å². The molecule has 1 saturated heterocycles. The van der Waals surface area contributed by atoms with Gasteiger partial charge in [-0.05, 0) is 67.3 Å². The van der Waals surface area contributed by atoms with Gasteiger partial charge in [0.25, 0.3) is 0 Å². The number of imidazole rings is 1. The Morgan fingerprint density at radius 3 is 2.54 bits per heavy atom. The minimum Gasteiger partial charge on any atom is -0.444 e. The predicted octanol–water partition coefficient (Wildman–Crippen LogP) is 4.26. The maximum Gasteiger partial charge on any atom is 0.410 e. The third kappa shape index (κ3) is 6.48. The minimum atomic E-state index is -3.62. The van der Waals surface area contributed by atoms with Crippen molar-refractivity contribution in [2.75, 3.05) is 32.4 Å². The molecule has 3 aromatic rings. The van der Waals surface area contributed by atoms with Crippen LogP contribution in [0.4, 0.5) is 4.79 Å². The molecule has 3 heterocycles. The first-order valence-corrected chi connectivity index (χ1v) is 15.7. The zero-order chi connectivity index (χ0) is 29.5. The molecule has 2 atom stereocenters. The SMILES string of the molecule is Cn1cncc1C(NS(C)(=O)=O)C1=Cc2cccnc2C(N2CCN(C(=O)OC(C)(C)C)CC2)c2ccc(Cl)cc21. The highest BCUT2D eigenvalue weighted by atomic mass is 35.5. The van der Waals surface area contributed by atoms with Crippen LogP contribution in [0.1, 0.15) is 60.9 Å². The minimum absolute atomic E-state index is 0.251. The molecule has 2 aromatic heterocycles. The Balaban J connectivity index is 1.60. The number of rotatable bonds is 5. The number of benzene rings is 1. The summed E-state index contributed by atoms with van der Waals surface area (Å²) in [6, 6.07) is 8.59. The monoisotopic (exact) mass is 598 g/mol. The Kier molecular flexibility index (Phi) is 7.99. The van der Waals surface area contributed by atoms with Crippen molar-refractivity contribution in [2.45, 2.75) is 38.5 Å². The highest BCUT2D eigenvalue weighted by molar-refractivity contribution is 7.88. The van der Waals surface area contributed by atoms with E-state index < -0.39 is 21.7 Å². The van der Waals surface area contributed by atoms with E-state index in [9.17, 15) is 13.2 Å². The third-order valence-electron chi connectivity index (χ3n) is 7.19. The zero-order valence-corrected chi connectivity index (χ0v) is 25.4. The molecule has 218 valence electrons. The maximum absolute atomic E-state index is 12.7. The summed E-state index contributed by atoms with van der Waals surface area (Å²) in [5, 5.41) is 0.533. The van der Waals surface area contributed by atoms with Gasteiger partial charge in [-0.1, -0.05) is 23.7 Å². The zero-order valence-electron chi connectivity index (χ0n) is 23.8. The van der Waals surface area contributed by atoms with E-state index >= 15 is 0 Å². The standard InChI is InChI=1S/C29H35ClN6O4S/c1-29(2,3)40-28(37)36-13-11-35(12-14-36)27-21-9-8-20(30)16-22(21)23(15-19-7-6-10-32-25(19)27)26(33-41(5,38)39)24-17-31-18-34(24)4/h6-10,15-18,26-27,33H,11-14H2,1-5H3. The van der Waals surface area contributed by atoms with E-state index in [1.807, 2.05) is 64.2 Å². The first-order valence-electron chi connectivity index (χ1n) is 13.4. The van der Waals surface area contributed by atoms with Gasteiger partial charge in [0.15, 0.2) is 0 Å². The van der Waals surface area contributed by atoms with Gasteiger partial charge in [-0.2, -0.15) is 0 Å². The Morgan fingerprint density at radius 1 is 1.17 bits per heavy atom. The summed E-state index contributed by atoms with van der Waals surface area (Å²) in [5.41, 5.74) is 4.34. The molecule has 0 saturated carbocycles. The topological polar surface area (TPSA) is 110 Å². The number of hydrogen-bond donors (Lipinski definition) is 1. The first-order chi connectivity index (χ1) is 19.3. The van der Waals surface area contributed by atoms with Crippen LogP contribution in [0.25, 0.3) is 11.6 Å². The van der Waals surface area contributed by atoms with Crippen molar-refractivity contribution in [1.29, 1.82) is 0 Å². The van der Waals surface area contributed by atoms with Gasteiger partial charge in [0.2, 0.25) is 10.0 Å². The lowest BCUT2D eigenvalue weighted by Crippen LogP contribution is -2.51. The Hall–Kier alpha value is -3.25. The number of sulfonamides is 1. The molecular formula is C29H35ClN6O4S. The summed E-state index contributed by atoms with van der Waals surface area (Å²) in [5.74, 6) is 0. The summed E-state index contributed by atoms with van der Waals surface area (Å²) >= 11 is 6.57. The van der Waals surface area contributed by atoms with Gasteiger partial charge in [0.05, 0.1) is 42.3 Å². The highest BCUT2D eigenvalue weighted by Crippen LogP contribution is 2.44. The number of carbonyl (C=O) groups excluding carboxylic acids is 1. The second kappa shape index (κ2) is 11.2. The normalized spacial score (nSPS) is 18.6. The number of hydrogen-bond acceptors (Lipinski definition) is 7. The summed E-state index contributed by atoms with van der Waals surface area (Å²) in [6.45, 7) is 7.79. The van der Waals surface area contributed by atoms with Crippen LogP contribution < -0.4 is 4.72 Å². The number of ether oxygens (including phenoxy) is 1. The van der Waals surface area contributed by atoms with Crippen molar-refractivity contribution in [1.82, 2.24) is 29.1 Å². The van der Waals surface area contributed by atoms with E-state index in [4.69, 9.17) is 21.3 Å². The van der Waals surface area contributed by atoms with Gasteiger partial charge in [-0.3, -0.25) is 9.88 Å². The largest absolute Gasteiger partial charge is 0.444 e. The molecular weight excluding hydrogens is 564 g/mol. The molecule has 0 bridgehead atoms. The van der Waals surface area contributed by atoms with Crippen LogP contribution in [-0.2, 0) is 21.8 Å². The number of piperazine rings is 1. The number of aromatic nitrogens is 3. The van der Waals surface area contributed by atoms with Gasteiger partial charge < -0.3 is 14.2 Å². The average molecular weight is 599 g/mol. The number of aryl methyl sites for hydroxylation is 1. The van der Waals surface area contributed by atoms with E-state index in [1.54, 1.807) is 28.2 Å². The van der Waals surface area contributed by atoms with Crippen LogP contribution in [0.15, 0.2) is 49.1 Å².